The van der Waals surface area contributed by atoms with Crippen LogP contribution in [-0.2, 0) is 11.2 Å². The van der Waals surface area contributed by atoms with Crippen LogP contribution in [0, 0.1) is 5.92 Å². The molecule has 1 aromatic rings. The van der Waals surface area contributed by atoms with E-state index in [1.54, 1.807) is 14.2 Å². The second kappa shape index (κ2) is 9.37. The number of ether oxygens (including phenoxy) is 2. The van der Waals surface area contributed by atoms with Gasteiger partial charge >= 0.3 is 0 Å². The number of halogens is 1. The van der Waals surface area contributed by atoms with E-state index in [1.165, 1.54) is 5.56 Å². The van der Waals surface area contributed by atoms with E-state index in [1.807, 2.05) is 6.07 Å². The molecule has 0 heterocycles. The van der Waals surface area contributed by atoms with Gasteiger partial charge in [0.2, 0.25) is 0 Å². The summed E-state index contributed by atoms with van der Waals surface area (Å²) in [4.78, 5) is 0. The molecule has 2 unspecified atom stereocenters. The molecular formula is C16H26BrNO2. The third-order valence-electron chi connectivity index (χ3n) is 3.35. The van der Waals surface area contributed by atoms with Crippen LogP contribution in [0.25, 0.3) is 0 Å². The number of benzene rings is 1. The van der Waals surface area contributed by atoms with Crippen molar-refractivity contribution < 1.29 is 9.47 Å². The zero-order chi connectivity index (χ0) is 15.0. The largest absolute Gasteiger partial charge is 0.497 e. The normalized spacial score (nSPS) is 14.1. The van der Waals surface area contributed by atoms with Crippen LogP contribution in [0.15, 0.2) is 22.7 Å². The van der Waals surface area contributed by atoms with Crippen molar-refractivity contribution in [2.24, 2.45) is 5.92 Å². The van der Waals surface area contributed by atoms with Gasteiger partial charge in [0.1, 0.15) is 5.75 Å². The first kappa shape index (κ1) is 17.5. The van der Waals surface area contributed by atoms with Gasteiger partial charge in [0.25, 0.3) is 0 Å². The predicted molar refractivity (Wildman–Crippen MR) is 87.5 cm³/mol. The molecule has 0 amide bonds. The summed E-state index contributed by atoms with van der Waals surface area (Å²) in [5.41, 5.74) is 1.28. The molecule has 0 aromatic heterocycles. The Balaban J connectivity index is 2.73. The molecule has 0 aliphatic rings. The molecule has 0 aliphatic carbocycles. The van der Waals surface area contributed by atoms with Crippen LogP contribution in [0.1, 0.15) is 25.8 Å². The van der Waals surface area contributed by atoms with Crippen LogP contribution >= 0.6 is 15.9 Å². The van der Waals surface area contributed by atoms with Gasteiger partial charge in [-0.1, -0.05) is 29.8 Å². The van der Waals surface area contributed by atoms with E-state index in [9.17, 15) is 0 Å². The highest BCUT2D eigenvalue weighted by Crippen LogP contribution is 2.24. The molecule has 0 spiro atoms. The molecule has 0 aliphatic heterocycles. The molecule has 1 rings (SSSR count). The van der Waals surface area contributed by atoms with Crippen molar-refractivity contribution in [1.29, 1.82) is 0 Å². The van der Waals surface area contributed by atoms with Gasteiger partial charge in [-0.15, -0.1) is 0 Å². The minimum atomic E-state index is 0.452. The van der Waals surface area contributed by atoms with E-state index >= 15 is 0 Å². The Morgan fingerprint density at radius 2 is 2.05 bits per heavy atom. The van der Waals surface area contributed by atoms with Gasteiger partial charge in [-0.2, -0.15) is 0 Å². The first-order chi connectivity index (χ1) is 9.60. The Bertz CT molecular complexity index is 398. The van der Waals surface area contributed by atoms with Crippen molar-refractivity contribution in [2.45, 2.75) is 32.7 Å². The van der Waals surface area contributed by atoms with Gasteiger partial charge in [-0.3, -0.25) is 0 Å². The minimum absolute atomic E-state index is 0.452. The van der Waals surface area contributed by atoms with Crippen molar-refractivity contribution in [1.82, 2.24) is 5.32 Å². The van der Waals surface area contributed by atoms with Crippen LogP contribution < -0.4 is 10.1 Å². The second-order valence-electron chi connectivity index (χ2n) is 5.21. The monoisotopic (exact) mass is 343 g/mol. The number of likely N-dealkylation sites (N-methyl/N-ethyl adjacent to an activating group) is 1. The fourth-order valence-electron chi connectivity index (χ4n) is 2.47. The lowest BCUT2D eigenvalue weighted by molar-refractivity contribution is 0.149. The second-order valence-corrected chi connectivity index (χ2v) is 6.07. The Morgan fingerprint density at radius 1 is 1.30 bits per heavy atom. The van der Waals surface area contributed by atoms with E-state index in [4.69, 9.17) is 9.47 Å². The Morgan fingerprint density at radius 3 is 2.65 bits per heavy atom. The highest BCUT2D eigenvalue weighted by atomic mass is 79.9. The molecule has 1 N–H and O–H groups in total. The summed E-state index contributed by atoms with van der Waals surface area (Å²) in [6.07, 6.45) is 2.09. The highest BCUT2D eigenvalue weighted by Gasteiger charge is 2.15. The molecule has 3 nitrogen and oxygen atoms in total. The topological polar surface area (TPSA) is 30.5 Å². The van der Waals surface area contributed by atoms with Gasteiger partial charge in [-0.05, 0) is 49.1 Å². The molecular weight excluding hydrogens is 318 g/mol. The number of rotatable bonds is 9. The summed E-state index contributed by atoms with van der Waals surface area (Å²) in [5, 5.41) is 3.57. The molecule has 0 bridgehead atoms. The van der Waals surface area contributed by atoms with Crippen molar-refractivity contribution in [2.75, 3.05) is 27.4 Å². The average Bonchev–Trinajstić information content (AvgIpc) is 2.41. The summed E-state index contributed by atoms with van der Waals surface area (Å²) < 4.78 is 11.7. The molecule has 0 saturated carbocycles. The fourth-order valence-corrected chi connectivity index (χ4v) is 2.87. The van der Waals surface area contributed by atoms with Crippen LogP contribution in [0.3, 0.4) is 0 Å². The summed E-state index contributed by atoms with van der Waals surface area (Å²) >= 11 is 3.63. The zero-order valence-electron chi connectivity index (χ0n) is 12.9. The first-order valence-corrected chi connectivity index (χ1v) is 7.94. The van der Waals surface area contributed by atoms with Crippen molar-refractivity contribution in [3.05, 3.63) is 28.2 Å². The van der Waals surface area contributed by atoms with E-state index in [2.05, 4.69) is 47.2 Å². The van der Waals surface area contributed by atoms with Crippen LogP contribution in [0.5, 0.6) is 5.75 Å². The molecule has 20 heavy (non-hydrogen) atoms. The predicted octanol–water partition coefficient (Wildman–Crippen LogP) is 3.65. The molecule has 1 aromatic carbocycles. The standard InChI is InChI=1S/C16H26BrNO2/c1-5-18-14(8-12(2)11-19-3)9-13-10-15(20-4)6-7-16(13)17/h6-7,10,12,14,18H,5,8-9,11H2,1-4H3. The number of methoxy groups -OCH3 is 2. The van der Waals surface area contributed by atoms with Crippen LogP contribution in [0.2, 0.25) is 0 Å². The summed E-state index contributed by atoms with van der Waals surface area (Å²) in [5.74, 6) is 1.46. The summed E-state index contributed by atoms with van der Waals surface area (Å²) in [7, 11) is 3.47. The fraction of sp³-hybridized carbons (Fsp3) is 0.625. The maximum atomic E-state index is 5.31. The van der Waals surface area contributed by atoms with Crippen molar-refractivity contribution >= 4 is 15.9 Å². The summed E-state index contributed by atoms with van der Waals surface area (Å²) in [6.45, 7) is 6.16. The molecule has 2 atom stereocenters. The van der Waals surface area contributed by atoms with Gasteiger partial charge in [0, 0.05) is 24.2 Å². The maximum absolute atomic E-state index is 5.31. The Hall–Kier alpha value is -0.580. The quantitative estimate of drug-likeness (QED) is 0.742. The smallest absolute Gasteiger partial charge is 0.119 e. The molecule has 0 fully saturated rings. The lowest BCUT2D eigenvalue weighted by atomic mass is 9.96. The van der Waals surface area contributed by atoms with E-state index < -0.39 is 0 Å². The average molecular weight is 344 g/mol. The van der Waals surface area contributed by atoms with Crippen molar-refractivity contribution in [3.63, 3.8) is 0 Å². The maximum Gasteiger partial charge on any atom is 0.119 e. The third kappa shape index (κ3) is 5.81. The van der Waals surface area contributed by atoms with E-state index in [-0.39, 0.29) is 0 Å². The first-order valence-electron chi connectivity index (χ1n) is 7.15. The Labute approximate surface area is 131 Å². The van der Waals surface area contributed by atoms with Crippen molar-refractivity contribution in [3.8, 4) is 5.75 Å². The molecule has 0 saturated heterocycles. The lowest BCUT2D eigenvalue weighted by Crippen LogP contribution is -2.33. The number of hydrogen-bond donors (Lipinski definition) is 1. The van der Waals surface area contributed by atoms with Gasteiger partial charge in [0.15, 0.2) is 0 Å². The van der Waals surface area contributed by atoms with Gasteiger partial charge in [0.05, 0.1) is 7.11 Å². The van der Waals surface area contributed by atoms with E-state index in [0.717, 1.165) is 36.2 Å². The summed E-state index contributed by atoms with van der Waals surface area (Å²) in [6, 6.07) is 6.59. The highest BCUT2D eigenvalue weighted by molar-refractivity contribution is 9.10. The number of hydrogen-bond acceptors (Lipinski definition) is 3. The van der Waals surface area contributed by atoms with Gasteiger partial charge in [-0.25, -0.2) is 0 Å². The molecule has 4 heteroatoms. The SMILES string of the molecule is CCNC(Cc1cc(OC)ccc1Br)CC(C)COC. The molecule has 0 radical (unpaired) electrons. The van der Waals surface area contributed by atoms with Crippen LogP contribution in [-0.4, -0.2) is 33.4 Å². The van der Waals surface area contributed by atoms with Crippen LogP contribution in [0.4, 0.5) is 0 Å². The van der Waals surface area contributed by atoms with E-state index in [0.29, 0.717) is 12.0 Å². The Kier molecular flexibility index (Phi) is 8.19. The molecule has 114 valence electrons. The van der Waals surface area contributed by atoms with Gasteiger partial charge < -0.3 is 14.8 Å². The minimum Gasteiger partial charge on any atom is -0.497 e. The number of nitrogens with one attached hydrogen (secondary N) is 1. The third-order valence-corrected chi connectivity index (χ3v) is 4.12. The lowest BCUT2D eigenvalue weighted by Gasteiger charge is -2.22. The zero-order valence-corrected chi connectivity index (χ0v) is 14.5.